The van der Waals surface area contributed by atoms with Crippen LogP contribution in [-0.4, -0.2) is 56.5 Å². The average molecular weight is 508 g/mol. The molecule has 2 rings (SSSR count). The maximum absolute atomic E-state index is 14.6. The van der Waals surface area contributed by atoms with Crippen LogP contribution in [0.2, 0.25) is 5.02 Å². The number of esters is 1. The van der Waals surface area contributed by atoms with Crippen LogP contribution in [0.3, 0.4) is 0 Å². The van der Waals surface area contributed by atoms with Crippen molar-refractivity contribution in [1.82, 2.24) is 0 Å². The molecule has 1 N–H and O–H groups in total. The Labute approximate surface area is 209 Å². The minimum atomic E-state index is -1.36. The summed E-state index contributed by atoms with van der Waals surface area (Å²) in [6.07, 6.45) is 1.29. The fraction of sp³-hybridized carbons (Fsp3) is 0.423. The molecule has 0 aromatic heterocycles. The molecule has 2 aromatic rings. The summed E-state index contributed by atoms with van der Waals surface area (Å²) in [6.45, 7) is 5.20. The molecule has 35 heavy (non-hydrogen) atoms. The number of benzene rings is 2. The number of aliphatic imine (C=N–C) groups is 1. The van der Waals surface area contributed by atoms with E-state index in [0.717, 1.165) is 0 Å². The quantitative estimate of drug-likeness (QED) is 0.196. The van der Waals surface area contributed by atoms with E-state index in [4.69, 9.17) is 25.8 Å². The zero-order chi connectivity index (χ0) is 26.1. The van der Waals surface area contributed by atoms with Crippen molar-refractivity contribution in [3.63, 3.8) is 0 Å². The molecule has 0 aliphatic carbocycles. The van der Waals surface area contributed by atoms with E-state index in [1.807, 2.05) is 13.8 Å². The third-order valence-corrected chi connectivity index (χ3v) is 5.78. The lowest BCUT2D eigenvalue weighted by molar-refractivity contribution is -0.144. The first kappa shape index (κ1) is 28.3. The Balaban J connectivity index is 2.57. The lowest BCUT2D eigenvalue weighted by Crippen LogP contribution is -2.29. The van der Waals surface area contributed by atoms with Gasteiger partial charge in [-0.3, -0.25) is 14.6 Å². The predicted octanol–water partition coefficient (Wildman–Crippen LogP) is 4.54. The van der Waals surface area contributed by atoms with E-state index in [9.17, 15) is 19.1 Å². The highest BCUT2D eigenvalue weighted by atomic mass is 35.5. The minimum absolute atomic E-state index is 0.0103. The number of carbonyl (C=O) groups excluding carboxylic acids is 2. The van der Waals surface area contributed by atoms with Crippen LogP contribution >= 0.6 is 11.6 Å². The summed E-state index contributed by atoms with van der Waals surface area (Å²) in [5, 5.41) is 9.56. The lowest BCUT2D eigenvalue weighted by atomic mass is 9.93. The highest BCUT2D eigenvalue weighted by Gasteiger charge is 2.31. The second-order valence-corrected chi connectivity index (χ2v) is 8.55. The van der Waals surface area contributed by atoms with Crippen molar-refractivity contribution in [2.24, 2.45) is 16.8 Å². The number of aliphatic hydroxyl groups is 1. The first-order valence-electron chi connectivity index (χ1n) is 11.2. The third kappa shape index (κ3) is 7.02. The molecule has 2 atom stereocenters. The van der Waals surface area contributed by atoms with E-state index in [2.05, 4.69) is 4.99 Å². The SMILES string of the molecule is CCOC(=O)C(C=N[C@H](CO)C(C)C)C(=O)c1cc(Cc2cccc(Cl)c2F)c(OC)cc1OC. The van der Waals surface area contributed by atoms with Crippen LogP contribution in [0.5, 0.6) is 11.5 Å². The highest BCUT2D eigenvalue weighted by Crippen LogP contribution is 2.33. The zero-order valence-corrected chi connectivity index (χ0v) is 21.3. The van der Waals surface area contributed by atoms with Gasteiger partial charge in [-0.15, -0.1) is 0 Å². The number of aliphatic hydroxyl groups excluding tert-OH is 1. The molecule has 2 aromatic carbocycles. The standard InChI is InChI=1S/C26H31ClFNO6/c1-6-35-26(32)19(13-29-21(14-30)15(2)3)25(31)18-11-17(22(33-4)12-23(18)34-5)10-16-8-7-9-20(27)24(16)28/h7-9,11-13,15,19,21,30H,6,10,14H2,1-5H3/t19?,21-/m1/s1. The van der Waals surface area contributed by atoms with E-state index in [0.29, 0.717) is 16.9 Å². The Hall–Kier alpha value is -2.97. The molecule has 0 aliphatic heterocycles. The fourth-order valence-electron chi connectivity index (χ4n) is 3.45. The van der Waals surface area contributed by atoms with Gasteiger partial charge >= 0.3 is 5.97 Å². The van der Waals surface area contributed by atoms with Gasteiger partial charge in [0, 0.05) is 18.7 Å². The summed E-state index contributed by atoms with van der Waals surface area (Å²) in [5.74, 6) is -2.78. The number of Topliss-reactive ketones (excluding diaryl/α,β-unsaturated/α-hetero) is 1. The molecular formula is C26H31ClFNO6. The van der Waals surface area contributed by atoms with Crippen LogP contribution in [0, 0.1) is 17.7 Å². The maximum Gasteiger partial charge on any atom is 0.322 e. The molecule has 190 valence electrons. The molecule has 0 aliphatic rings. The third-order valence-electron chi connectivity index (χ3n) is 5.49. The van der Waals surface area contributed by atoms with Crippen LogP contribution in [0.4, 0.5) is 4.39 Å². The molecule has 0 heterocycles. The van der Waals surface area contributed by atoms with Crippen molar-refractivity contribution in [3.05, 3.63) is 57.9 Å². The topological polar surface area (TPSA) is 94.4 Å². The Bertz CT molecular complexity index is 1070. The van der Waals surface area contributed by atoms with Crippen LogP contribution in [0.1, 0.15) is 42.3 Å². The fourth-order valence-corrected chi connectivity index (χ4v) is 3.64. The molecular weight excluding hydrogens is 477 g/mol. The van der Waals surface area contributed by atoms with Gasteiger partial charge in [0.1, 0.15) is 17.3 Å². The molecule has 9 heteroatoms. The predicted molar refractivity (Wildman–Crippen MR) is 132 cm³/mol. The second kappa shape index (κ2) is 13.2. The van der Waals surface area contributed by atoms with Crippen LogP contribution in [0.25, 0.3) is 0 Å². The average Bonchev–Trinajstić information content (AvgIpc) is 2.83. The molecule has 1 unspecified atom stereocenters. The number of methoxy groups -OCH3 is 2. The van der Waals surface area contributed by atoms with Crippen molar-refractivity contribution in [1.29, 1.82) is 0 Å². The maximum atomic E-state index is 14.6. The Morgan fingerprint density at radius 2 is 1.83 bits per heavy atom. The van der Waals surface area contributed by atoms with Crippen molar-refractivity contribution < 1.29 is 33.3 Å². The van der Waals surface area contributed by atoms with E-state index in [-0.39, 0.29) is 41.9 Å². The number of halogens is 2. The van der Waals surface area contributed by atoms with Gasteiger partial charge in [-0.05, 0) is 36.1 Å². The summed E-state index contributed by atoms with van der Waals surface area (Å²) in [4.78, 5) is 30.5. The van der Waals surface area contributed by atoms with Gasteiger partial charge in [0.2, 0.25) is 0 Å². The number of nitrogens with zero attached hydrogens (tertiary/aromatic N) is 1. The monoisotopic (exact) mass is 507 g/mol. The van der Waals surface area contributed by atoms with E-state index < -0.39 is 29.5 Å². The van der Waals surface area contributed by atoms with Gasteiger partial charge in [-0.25, -0.2) is 4.39 Å². The van der Waals surface area contributed by atoms with Gasteiger partial charge in [0.25, 0.3) is 0 Å². The minimum Gasteiger partial charge on any atom is -0.496 e. The number of carbonyl (C=O) groups is 2. The van der Waals surface area contributed by atoms with Gasteiger partial charge in [0.15, 0.2) is 11.7 Å². The number of ether oxygens (including phenoxy) is 3. The molecule has 0 radical (unpaired) electrons. The van der Waals surface area contributed by atoms with Gasteiger partial charge in [-0.2, -0.15) is 0 Å². The van der Waals surface area contributed by atoms with E-state index in [1.165, 1.54) is 38.6 Å². The molecule has 0 fully saturated rings. The van der Waals surface area contributed by atoms with Crippen molar-refractivity contribution in [2.45, 2.75) is 33.2 Å². The first-order chi connectivity index (χ1) is 16.7. The first-order valence-corrected chi connectivity index (χ1v) is 11.6. The van der Waals surface area contributed by atoms with Crippen molar-refractivity contribution in [2.75, 3.05) is 27.4 Å². The van der Waals surface area contributed by atoms with Crippen molar-refractivity contribution in [3.8, 4) is 11.5 Å². The van der Waals surface area contributed by atoms with Crippen LogP contribution in [0.15, 0.2) is 35.3 Å². The van der Waals surface area contributed by atoms with Crippen LogP contribution < -0.4 is 9.47 Å². The largest absolute Gasteiger partial charge is 0.496 e. The molecule has 7 nitrogen and oxygen atoms in total. The molecule has 0 amide bonds. The Morgan fingerprint density at radius 1 is 1.14 bits per heavy atom. The number of hydrogen-bond acceptors (Lipinski definition) is 7. The second-order valence-electron chi connectivity index (χ2n) is 8.14. The smallest absolute Gasteiger partial charge is 0.322 e. The summed E-state index contributed by atoms with van der Waals surface area (Å²) >= 11 is 5.92. The lowest BCUT2D eigenvalue weighted by Gasteiger charge is -2.18. The van der Waals surface area contributed by atoms with Crippen LogP contribution in [-0.2, 0) is 16.0 Å². The zero-order valence-electron chi connectivity index (χ0n) is 20.5. The molecule has 0 spiro atoms. The Morgan fingerprint density at radius 3 is 2.40 bits per heavy atom. The Kier molecular flexibility index (Phi) is 10.7. The van der Waals surface area contributed by atoms with Gasteiger partial charge < -0.3 is 19.3 Å². The highest BCUT2D eigenvalue weighted by molar-refractivity contribution is 6.30. The molecule has 0 saturated carbocycles. The number of rotatable bonds is 12. The van der Waals surface area contributed by atoms with Gasteiger partial charge in [-0.1, -0.05) is 37.6 Å². The number of hydrogen-bond donors (Lipinski definition) is 1. The summed E-state index contributed by atoms with van der Waals surface area (Å²) in [7, 11) is 2.83. The summed E-state index contributed by atoms with van der Waals surface area (Å²) in [5.41, 5.74) is 0.888. The van der Waals surface area contributed by atoms with E-state index >= 15 is 0 Å². The van der Waals surface area contributed by atoms with Gasteiger partial charge in [0.05, 0.1) is 44.1 Å². The summed E-state index contributed by atoms with van der Waals surface area (Å²) < 4.78 is 30.5. The summed E-state index contributed by atoms with van der Waals surface area (Å²) in [6, 6.07) is 7.19. The van der Waals surface area contributed by atoms with E-state index in [1.54, 1.807) is 19.1 Å². The van der Waals surface area contributed by atoms with Crippen molar-refractivity contribution >= 4 is 29.6 Å². The molecule has 0 saturated heterocycles. The molecule has 0 bridgehead atoms. The number of ketones is 1. The normalized spacial score (nSPS) is 13.1.